The maximum Gasteiger partial charge on any atom is 0.351 e. The van der Waals surface area contributed by atoms with Gasteiger partial charge in [0.05, 0.1) is 0 Å². The minimum absolute atomic E-state index is 0. The summed E-state index contributed by atoms with van der Waals surface area (Å²) in [7, 11) is 0. The van der Waals surface area contributed by atoms with Crippen LogP contribution in [0.1, 0.15) is 19.8 Å². The van der Waals surface area contributed by atoms with E-state index < -0.39 is 5.97 Å². The molecule has 0 aliphatic heterocycles. The Bertz CT molecular complexity index is 134. The molecule has 0 atom stereocenters. The Morgan fingerprint density at radius 1 is 1.70 bits per heavy atom. The van der Waals surface area contributed by atoms with Crippen molar-refractivity contribution in [3.8, 4) is 0 Å². The van der Waals surface area contributed by atoms with Gasteiger partial charge in [-0.25, -0.2) is 4.79 Å². The third-order valence-electron chi connectivity index (χ3n) is 0.900. The van der Waals surface area contributed by atoms with E-state index in [0.717, 1.165) is 12.8 Å². The minimum Gasteiger partial charge on any atom is -0.477 e. The zero-order chi connectivity index (χ0) is 7.28. The fraction of sp³-hybridized carbons (Fsp3) is 0.500. The number of hydrogen-bond acceptors (Lipinski definition) is 2. The number of rotatable bonds is 3. The molecule has 0 aromatic carbocycles. The number of unbranched alkanes of at least 4 members (excludes halogenated alkanes) is 1. The quantitative estimate of drug-likeness (QED) is 0.617. The van der Waals surface area contributed by atoms with Crippen LogP contribution >= 0.6 is 12.4 Å². The summed E-state index contributed by atoms with van der Waals surface area (Å²) < 4.78 is 0. The summed E-state index contributed by atoms with van der Waals surface area (Å²) in [6.07, 6.45) is 3.18. The van der Waals surface area contributed by atoms with Gasteiger partial charge in [0.1, 0.15) is 5.70 Å². The molecule has 0 amide bonds. The SMILES string of the molecule is CCCC=C(N)C(=O)O.Cl. The topological polar surface area (TPSA) is 63.3 Å². The first-order valence-corrected chi connectivity index (χ1v) is 2.87. The summed E-state index contributed by atoms with van der Waals surface area (Å²) in [5.41, 5.74) is 5.01. The van der Waals surface area contributed by atoms with E-state index >= 15 is 0 Å². The molecule has 0 saturated heterocycles. The standard InChI is InChI=1S/C6H11NO2.ClH/c1-2-3-4-5(7)6(8)9;/h4H,2-3,7H2,1H3,(H,8,9);1H. The van der Waals surface area contributed by atoms with Gasteiger partial charge in [0.15, 0.2) is 0 Å². The highest BCUT2D eigenvalue weighted by atomic mass is 35.5. The summed E-state index contributed by atoms with van der Waals surface area (Å²) in [5, 5.41) is 8.22. The van der Waals surface area contributed by atoms with Gasteiger partial charge in [-0.1, -0.05) is 19.4 Å². The van der Waals surface area contributed by atoms with Crippen LogP contribution in [0, 0.1) is 0 Å². The van der Waals surface area contributed by atoms with E-state index in [9.17, 15) is 4.79 Å². The fourth-order valence-corrected chi connectivity index (χ4v) is 0.387. The molecule has 0 saturated carbocycles. The van der Waals surface area contributed by atoms with Gasteiger partial charge in [0.25, 0.3) is 0 Å². The predicted molar refractivity (Wildman–Crippen MR) is 42.1 cm³/mol. The molecule has 0 heterocycles. The monoisotopic (exact) mass is 165 g/mol. The Balaban J connectivity index is 0. The van der Waals surface area contributed by atoms with E-state index in [2.05, 4.69) is 0 Å². The molecule has 0 aliphatic carbocycles. The number of allylic oxidation sites excluding steroid dienone is 1. The molecule has 0 rings (SSSR count). The number of carboxylic acids is 1. The van der Waals surface area contributed by atoms with Crippen molar-refractivity contribution in [2.24, 2.45) is 5.73 Å². The van der Waals surface area contributed by atoms with Gasteiger partial charge in [0.2, 0.25) is 0 Å². The van der Waals surface area contributed by atoms with Gasteiger partial charge in [-0.15, -0.1) is 12.4 Å². The molecular weight excluding hydrogens is 154 g/mol. The molecule has 0 aliphatic rings. The van der Waals surface area contributed by atoms with E-state index in [0.29, 0.717) is 0 Å². The molecule has 4 heteroatoms. The first-order valence-electron chi connectivity index (χ1n) is 2.87. The second kappa shape index (κ2) is 6.42. The highest BCUT2D eigenvalue weighted by Gasteiger charge is 1.96. The number of carbonyl (C=O) groups is 1. The van der Waals surface area contributed by atoms with Crippen molar-refractivity contribution in [1.82, 2.24) is 0 Å². The Morgan fingerprint density at radius 2 is 2.20 bits per heavy atom. The van der Waals surface area contributed by atoms with Crippen molar-refractivity contribution in [3.63, 3.8) is 0 Å². The van der Waals surface area contributed by atoms with Gasteiger partial charge in [-0.3, -0.25) is 0 Å². The smallest absolute Gasteiger partial charge is 0.351 e. The lowest BCUT2D eigenvalue weighted by atomic mass is 10.3. The van der Waals surface area contributed by atoms with Crippen LogP contribution in [-0.4, -0.2) is 11.1 Å². The van der Waals surface area contributed by atoms with E-state index in [1.54, 1.807) is 0 Å². The molecule has 0 bridgehead atoms. The maximum atomic E-state index is 10.0. The summed E-state index contributed by atoms with van der Waals surface area (Å²) in [5.74, 6) is -1.04. The summed E-state index contributed by atoms with van der Waals surface area (Å²) in [4.78, 5) is 10.0. The van der Waals surface area contributed by atoms with Crippen LogP contribution in [0.4, 0.5) is 0 Å². The van der Waals surface area contributed by atoms with E-state index in [-0.39, 0.29) is 18.1 Å². The van der Waals surface area contributed by atoms with E-state index in [1.807, 2.05) is 6.92 Å². The lowest BCUT2D eigenvalue weighted by Gasteiger charge is -1.90. The number of halogens is 1. The first-order chi connectivity index (χ1) is 4.18. The lowest BCUT2D eigenvalue weighted by Crippen LogP contribution is -2.09. The van der Waals surface area contributed by atoms with Crippen molar-refractivity contribution >= 4 is 18.4 Å². The van der Waals surface area contributed by atoms with Crippen molar-refractivity contribution in [2.75, 3.05) is 0 Å². The van der Waals surface area contributed by atoms with Crippen LogP contribution in [0.25, 0.3) is 0 Å². The second-order valence-electron chi connectivity index (χ2n) is 1.75. The Morgan fingerprint density at radius 3 is 2.50 bits per heavy atom. The molecule has 60 valence electrons. The molecule has 0 unspecified atom stereocenters. The summed E-state index contributed by atoms with van der Waals surface area (Å²) >= 11 is 0. The van der Waals surface area contributed by atoms with E-state index in [4.69, 9.17) is 10.8 Å². The van der Waals surface area contributed by atoms with Crippen molar-refractivity contribution < 1.29 is 9.90 Å². The summed E-state index contributed by atoms with van der Waals surface area (Å²) in [6.45, 7) is 1.96. The zero-order valence-electron chi connectivity index (χ0n) is 5.83. The summed E-state index contributed by atoms with van der Waals surface area (Å²) in [6, 6.07) is 0. The average Bonchev–Trinajstić information content (AvgIpc) is 1.82. The zero-order valence-corrected chi connectivity index (χ0v) is 6.65. The van der Waals surface area contributed by atoms with Crippen molar-refractivity contribution in [2.45, 2.75) is 19.8 Å². The number of carboxylic acid groups (broad SMARTS) is 1. The first kappa shape index (κ1) is 12.0. The van der Waals surface area contributed by atoms with Gasteiger partial charge in [-0.05, 0) is 6.42 Å². The van der Waals surface area contributed by atoms with Crippen LogP contribution in [0.2, 0.25) is 0 Å². The third kappa shape index (κ3) is 5.44. The average molecular weight is 166 g/mol. The highest BCUT2D eigenvalue weighted by Crippen LogP contribution is 1.91. The molecule has 3 nitrogen and oxygen atoms in total. The van der Waals surface area contributed by atoms with Crippen LogP contribution in [0.15, 0.2) is 11.8 Å². The molecule has 0 fully saturated rings. The number of nitrogens with two attached hydrogens (primary N) is 1. The second-order valence-corrected chi connectivity index (χ2v) is 1.75. The largest absolute Gasteiger partial charge is 0.477 e. The van der Waals surface area contributed by atoms with Crippen LogP contribution in [-0.2, 0) is 4.79 Å². The van der Waals surface area contributed by atoms with Crippen molar-refractivity contribution in [1.29, 1.82) is 0 Å². The van der Waals surface area contributed by atoms with Gasteiger partial charge in [-0.2, -0.15) is 0 Å². The lowest BCUT2D eigenvalue weighted by molar-refractivity contribution is -0.132. The fourth-order valence-electron chi connectivity index (χ4n) is 0.387. The number of aliphatic carboxylic acids is 1. The van der Waals surface area contributed by atoms with Gasteiger partial charge < -0.3 is 10.8 Å². The van der Waals surface area contributed by atoms with Crippen LogP contribution < -0.4 is 5.73 Å². The Labute approximate surface area is 66.3 Å². The Kier molecular flexibility index (Phi) is 7.72. The Hall–Kier alpha value is -0.700. The normalized spacial score (nSPS) is 10.3. The predicted octanol–water partition coefficient (Wildman–Crippen LogP) is 1.14. The van der Waals surface area contributed by atoms with Gasteiger partial charge in [0, 0.05) is 0 Å². The molecule has 3 N–H and O–H groups in total. The highest BCUT2D eigenvalue weighted by molar-refractivity contribution is 5.85. The van der Waals surface area contributed by atoms with Crippen LogP contribution in [0.3, 0.4) is 0 Å². The van der Waals surface area contributed by atoms with Crippen molar-refractivity contribution in [3.05, 3.63) is 11.8 Å². The molecule has 10 heavy (non-hydrogen) atoms. The molecule has 0 spiro atoms. The molecule has 0 radical (unpaired) electrons. The maximum absolute atomic E-state index is 10.0. The molecule has 0 aromatic rings. The minimum atomic E-state index is -1.04. The number of hydrogen-bond donors (Lipinski definition) is 2. The van der Waals surface area contributed by atoms with Gasteiger partial charge >= 0.3 is 5.97 Å². The molecule has 0 aromatic heterocycles. The molecular formula is C6H12ClNO2. The van der Waals surface area contributed by atoms with Crippen LogP contribution in [0.5, 0.6) is 0 Å². The van der Waals surface area contributed by atoms with E-state index in [1.165, 1.54) is 6.08 Å². The third-order valence-corrected chi connectivity index (χ3v) is 0.900.